The summed E-state index contributed by atoms with van der Waals surface area (Å²) in [5.74, 6) is 0. The van der Waals surface area contributed by atoms with Gasteiger partial charge in [0.25, 0.3) is 0 Å². The van der Waals surface area contributed by atoms with Gasteiger partial charge >= 0.3 is 0 Å². The Morgan fingerprint density at radius 1 is 1.35 bits per heavy atom. The van der Waals surface area contributed by atoms with Crippen LogP contribution in [0.25, 0.3) is 0 Å². The zero-order chi connectivity index (χ0) is 13.8. The van der Waals surface area contributed by atoms with Crippen molar-refractivity contribution in [2.45, 2.75) is 26.0 Å². The van der Waals surface area contributed by atoms with E-state index in [-0.39, 0.29) is 6.10 Å². The number of nitrogens with zero attached hydrogens (tertiary/aromatic N) is 2. The minimum absolute atomic E-state index is 0.189. The van der Waals surface area contributed by atoms with Crippen molar-refractivity contribution in [3.63, 3.8) is 0 Å². The van der Waals surface area contributed by atoms with Crippen LogP contribution >= 0.6 is 11.3 Å². The first-order chi connectivity index (χ1) is 9.85. The molecule has 2 aromatic rings. The van der Waals surface area contributed by atoms with Crippen molar-refractivity contribution in [2.24, 2.45) is 0 Å². The van der Waals surface area contributed by atoms with Gasteiger partial charge in [0, 0.05) is 25.0 Å². The number of hydrogen-bond acceptors (Lipinski definition) is 4. The summed E-state index contributed by atoms with van der Waals surface area (Å²) in [5.41, 5.74) is 2.46. The lowest BCUT2D eigenvalue weighted by Gasteiger charge is -2.32. The molecule has 1 saturated heterocycles. The lowest BCUT2D eigenvalue weighted by molar-refractivity contribution is -0.0332. The van der Waals surface area contributed by atoms with Gasteiger partial charge < -0.3 is 4.74 Å². The molecule has 1 atom stereocenters. The summed E-state index contributed by atoms with van der Waals surface area (Å²) in [6.45, 7) is 5.82. The summed E-state index contributed by atoms with van der Waals surface area (Å²) in [6.07, 6.45) is 1.22. The van der Waals surface area contributed by atoms with E-state index >= 15 is 0 Å². The third-order valence-electron chi connectivity index (χ3n) is 3.61. The van der Waals surface area contributed by atoms with E-state index in [0.717, 1.165) is 32.7 Å². The van der Waals surface area contributed by atoms with Crippen molar-refractivity contribution in [2.75, 3.05) is 19.7 Å². The summed E-state index contributed by atoms with van der Waals surface area (Å²) in [6, 6.07) is 10.5. The van der Waals surface area contributed by atoms with Crippen molar-refractivity contribution in [3.8, 4) is 0 Å². The van der Waals surface area contributed by atoms with Gasteiger partial charge in [-0.1, -0.05) is 37.3 Å². The molecule has 1 aromatic heterocycles. The Morgan fingerprint density at radius 3 is 2.95 bits per heavy atom. The van der Waals surface area contributed by atoms with E-state index in [4.69, 9.17) is 4.74 Å². The quantitative estimate of drug-likeness (QED) is 0.863. The van der Waals surface area contributed by atoms with Gasteiger partial charge in [-0.3, -0.25) is 4.90 Å². The van der Waals surface area contributed by atoms with Crippen molar-refractivity contribution in [3.05, 3.63) is 52.0 Å². The molecule has 1 aromatic carbocycles. The van der Waals surface area contributed by atoms with Crippen LogP contribution in [0.1, 0.15) is 29.3 Å². The largest absolute Gasteiger partial charge is 0.371 e. The molecule has 0 spiro atoms. The molecule has 0 bridgehead atoms. The molecule has 20 heavy (non-hydrogen) atoms. The molecule has 4 heteroatoms. The van der Waals surface area contributed by atoms with E-state index in [1.165, 1.54) is 16.3 Å². The number of benzene rings is 1. The molecule has 1 aliphatic heterocycles. The maximum Gasteiger partial charge on any atom is 0.0952 e. The van der Waals surface area contributed by atoms with E-state index in [1.807, 2.05) is 6.07 Å². The molecule has 1 fully saturated rings. The highest BCUT2D eigenvalue weighted by Crippen LogP contribution is 2.23. The van der Waals surface area contributed by atoms with Crippen LogP contribution in [0.15, 0.2) is 35.7 Å². The zero-order valence-corrected chi connectivity index (χ0v) is 12.6. The van der Waals surface area contributed by atoms with Gasteiger partial charge in [-0.15, -0.1) is 11.3 Å². The highest BCUT2D eigenvalue weighted by atomic mass is 32.1. The summed E-state index contributed by atoms with van der Waals surface area (Å²) in [5, 5.41) is 3.42. The molecule has 1 unspecified atom stereocenters. The summed E-state index contributed by atoms with van der Waals surface area (Å²) in [4.78, 5) is 7.10. The van der Waals surface area contributed by atoms with Crippen LogP contribution in [-0.2, 0) is 17.7 Å². The molecule has 3 rings (SSSR count). The molecule has 0 aliphatic carbocycles. The Bertz CT molecular complexity index is 540. The third kappa shape index (κ3) is 3.26. The van der Waals surface area contributed by atoms with Gasteiger partial charge in [-0.2, -0.15) is 0 Å². The normalized spacial score (nSPS) is 20.1. The summed E-state index contributed by atoms with van der Waals surface area (Å²) < 4.78 is 5.90. The number of rotatable bonds is 4. The van der Waals surface area contributed by atoms with Crippen LogP contribution in [0, 0.1) is 0 Å². The van der Waals surface area contributed by atoms with Crippen molar-refractivity contribution in [1.29, 1.82) is 0 Å². The maximum absolute atomic E-state index is 5.90. The topological polar surface area (TPSA) is 25.4 Å². The molecule has 3 nitrogen and oxygen atoms in total. The summed E-state index contributed by atoms with van der Waals surface area (Å²) >= 11 is 1.77. The van der Waals surface area contributed by atoms with Gasteiger partial charge in [0.1, 0.15) is 0 Å². The van der Waals surface area contributed by atoms with E-state index in [9.17, 15) is 0 Å². The predicted octanol–water partition coefficient (Wildman–Crippen LogP) is 3.28. The minimum atomic E-state index is 0.189. The molecular formula is C16H20N2OS. The average molecular weight is 288 g/mol. The lowest BCUT2D eigenvalue weighted by atomic mass is 10.1. The van der Waals surface area contributed by atoms with E-state index in [1.54, 1.807) is 11.3 Å². The third-order valence-corrected chi connectivity index (χ3v) is 4.65. The first-order valence-electron chi connectivity index (χ1n) is 7.17. The zero-order valence-electron chi connectivity index (χ0n) is 11.8. The van der Waals surface area contributed by atoms with E-state index in [0.29, 0.717) is 0 Å². The number of aryl methyl sites for hydroxylation is 1. The number of morpholine rings is 1. The fourth-order valence-corrected chi connectivity index (χ4v) is 3.26. The molecule has 106 valence electrons. The maximum atomic E-state index is 5.90. The monoisotopic (exact) mass is 288 g/mol. The Balaban J connectivity index is 1.63. The fraction of sp³-hybridized carbons (Fsp3) is 0.438. The first kappa shape index (κ1) is 13.7. The van der Waals surface area contributed by atoms with Crippen LogP contribution in [0.3, 0.4) is 0 Å². The molecule has 1 aliphatic rings. The second-order valence-corrected chi connectivity index (χ2v) is 6.03. The standard InChI is InChI=1S/C16H20N2OS/c1-2-16-17-14(12-20-16)10-18-8-9-19-15(11-18)13-6-4-3-5-7-13/h3-7,12,15H,2,8-11H2,1H3. The van der Waals surface area contributed by atoms with Crippen LogP contribution in [0.5, 0.6) is 0 Å². The predicted molar refractivity (Wildman–Crippen MR) is 81.9 cm³/mol. The molecule has 0 N–H and O–H groups in total. The molecule has 0 radical (unpaired) electrons. The Morgan fingerprint density at radius 2 is 2.20 bits per heavy atom. The highest BCUT2D eigenvalue weighted by molar-refractivity contribution is 7.09. The molecule has 2 heterocycles. The summed E-state index contributed by atoms with van der Waals surface area (Å²) in [7, 11) is 0. The SMILES string of the molecule is CCc1nc(CN2CCOC(c3ccccc3)C2)cs1. The van der Waals surface area contributed by atoms with Crippen LogP contribution in [0.4, 0.5) is 0 Å². The highest BCUT2D eigenvalue weighted by Gasteiger charge is 2.22. The fourth-order valence-electron chi connectivity index (χ4n) is 2.53. The molecule has 0 amide bonds. The second kappa shape index (κ2) is 6.48. The van der Waals surface area contributed by atoms with Gasteiger partial charge in [0.05, 0.1) is 23.4 Å². The molecular weight excluding hydrogens is 268 g/mol. The van der Waals surface area contributed by atoms with E-state index < -0.39 is 0 Å². The smallest absolute Gasteiger partial charge is 0.0952 e. The van der Waals surface area contributed by atoms with Crippen molar-refractivity contribution < 1.29 is 4.74 Å². The minimum Gasteiger partial charge on any atom is -0.371 e. The molecule has 0 saturated carbocycles. The number of aromatic nitrogens is 1. The first-order valence-corrected chi connectivity index (χ1v) is 8.05. The Labute approximate surface area is 124 Å². The lowest BCUT2D eigenvalue weighted by Crippen LogP contribution is -2.37. The number of thiazole rings is 1. The van der Waals surface area contributed by atoms with Crippen molar-refractivity contribution >= 4 is 11.3 Å². The Hall–Kier alpha value is -1.23. The van der Waals surface area contributed by atoms with Crippen LogP contribution in [-0.4, -0.2) is 29.6 Å². The number of hydrogen-bond donors (Lipinski definition) is 0. The number of ether oxygens (including phenoxy) is 1. The van der Waals surface area contributed by atoms with Crippen molar-refractivity contribution in [1.82, 2.24) is 9.88 Å². The van der Waals surface area contributed by atoms with Gasteiger partial charge in [0.15, 0.2) is 0 Å². The van der Waals surface area contributed by atoms with E-state index in [2.05, 4.69) is 46.5 Å². The Kier molecular flexibility index (Phi) is 4.45. The second-order valence-electron chi connectivity index (χ2n) is 5.09. The van der Waals surface area contributed by atoms with Crippen LogP contribution in [0.2, 0.25) is 0 Å². The van der Waals surface area contributed by atoms with Gasteiger partial charge in [-0.25, -0.2) is 4.98 Å². The van der Waals surface area contributed by atoms with Gasteiger partial charge in [-0.05, 0) is 12.0 Å². The van der Waals surface area contributed by atoms with Crippen LogP contribution < -0.4 is 0 Å². The van der Waals surface area contributed by atoms with Gasteiger partial charge in [0.2, 0.25) is 0 Å². The average Bonchev–Trinajstić information content (AvgIpc) is 2.96.